The quantitative estimate of drug-likeness (QED) is 0.519. The number of nitro groups is 1. The predicted octanol–water partition coefficient (Wildman–Crippen LogP) is 2.77. The van der Waals surface area contributed by atoms with Crippen LogP contribution >= 0.6 is 0 Å². The van der Waals surface area contributed by atoms with Crippen LogP contribution in [0.15, 0.2) is 48.5 Å². The lowest BCUT2D eigenvalue weighted by atomic mass is 10.1. The largest absolute Gasteiger partial charge is 0.306 e. The van der Waals surface area contributed by atoms with E-state index in [1.807, 2.05) is 19.1 Å². The van der Waals surface area contributed by atoms with Crippen LogP contribution in [0.5, 0.6) is 0 Å². The molecule has 0 fully saturated rings. The van der Waals surface area contributed by atoms with Crippen LogP contribution in [0.3, 0.4) is 0 Å². The molecule has 148 valence electrons. The Hall–Kier alpha value is -3.53. The molecule has 0 saturated heterocycles. The van der Waals surface area contributed by atoms with Crippen molar-refractivity contribution in [3.8, 4) is 5.69 Å². The molecule has 9 nitrogen and oxygen atoms in total. The molecule has 3 aromatic rings. The number of amides is 1. The standard InChI is InChI=1S/C19H16N4O5S/c1-12-6-2-4-8-16(12)22-18(14-10-29(27,28)11-15(14)21-22)20-19(24)13-7-3-5-9-17(13)23(25)26/h2-9H,10-11H2,1H3,(H,20,24). The van der Waals surface area contributed by atoms with Crippen molar-refractivity contribution in [2.75, 3.05) is 5.32 Å². The normalized spacial score (nSPS) is 14.4. The summed E-state index contributed by atoms with van der Waals surface area (Å²) in [5, 5.41) is 18.3. The minimum atomic E-state index is -3.35. The van der Waals surface area contributed by atoms with Crippen molar-refractivity contribution >= 4 is 27.2 Å². The van der Waals surface area contributed by atoms with Gasteiger partial charge in [-0.25, -0.2) is 13.1 Å². The number of aromatic nitrogens is 2. The molecule has 2 heterocycles. The summed E-state index contributed by atoms with van der Waals surface area (Å²) < 4.78 is 25.6. The lowest BCUT2D eigenvalue weighted by Crippen LogP contribution is -2.18. The SMILES string of the molecule is Cc1ccccc1-n1nc2c(c1NC(=O)c1ccccc1[N+](=O)[O-])CS(=O)(=O)C2. The van der Waals surface area contributed by atoms with Gasteiger partial charge in [-0.1, -0.05) is 30.3 Å². The van der Waals surface area contributed by atoms with Gasteiger partial charge in [0.15, 0.2) is 9.84 Å². The number of carbonyl (C=O) groups excluding carboxylic acids is 1. The minimum Gasteiger partial charge on any atom is -0.306 e. The lowest BCUT2D eigenvalue weighted by molar-refractivity contribution is -0.385. The average molecular weight is 412 g/mol. The van der Waals surface area contributed by atoms with Crippen LogP contribution in [0, 0.1) is 17.0 Å². The van der Waals surface area contributed by atoms with Crippen LogP contribution in [0.2, 0.25) is 0 Å². The number of aryl methyl sites for hydroxylation is 1. The number of para-hydroxylation sites is 2. The molecule has 0 saturated carbocycles. The summed E-state index contributed by atoms with van der Waals surface area (Å²) in [5.74, 6) is -0.964. The van der Waals surface area contributed by atoms with E-state index in [0.717, 1.165) is 5.56 Å². The fraction of sp³-hybridized carbons (Fsp3) is 0.158. The molecule has 0 radical (unpaired) electrons. The van der Waals surface area contributed by atoms with Gasteiger partial charge >= 0.3 is 0 Å². The molecule has 0 atom stereocenters. The van der Waals surface area contributed by atoms with Gasteiger partial charge in [0.1, 0.15) is 11.4 Å². The Labute approximate surface area is 166 Å². The van der Waals surface area contributed by atoms with Crippen LogP contribution in [-0.4, -0.2) is 29.0 Å². The van der Waals surface area contributed by atoms with Crippen LogP contribution < -0.4 is 5.32 Å². The minimum absolute atomic E-state index is 0.121. The molecule has 0 unspecified atom stereocenters. The van der Waals surface area contributed by atoms with E-state index in [4.69, 9.17) is 0 Å². The highest BCUT2D eigenvalue weighted by atomic mass is 32.2. The Morgan fingerprint density at radius 2 is 1.83 bits per heavy atom. The number of carbonyl (C=O) groups is 1. The Morgan fingerprint density at radius 1 is 1.14 bits per heavy atom. The summed E-state index contributed by atoms with van der Waals surface area (Å²) >= 11 is 0. The van der Waals surface area contributed by atoms with Gasteiger partial charge in [0.25, 0.3) is 11.6 Å². The first-order valence-corrected chi connectivity index (χ1v) is 10.5. The highest BCUT2D eigenvalue weighted by molar-refractivity contribution is 7.90. The molecule has 1 amide bonds. The van der Waals surface area contributed by atoms with Gasteiger partial charge in [0.2, 0.25) is 0 Å². The number of sulfone groups is 1. The second-order valence-corrected chi connectivity index (χ2v) is 8.80. The van der Waals surface area contributed by atoms with Crippen molar-refractivity contribution in [1.29, 1.82) is 0 Å². The maximum absolute atomic E-state index is 12.9. The average Bonchev–Trinajstić information content (AvgIpc) is 3.14. The molecule has 1 N–H and O–H groups in total. The molecule has 4 rings (SSSR count). The predicted molar refractivity (Wildman–Crippen MR) is 106 cm³/mol. The number of nitro benzene ring substituents is 1. The number of hydrogen-bond donors (Lipinski definition) is 1. The topological polar surface area (TPSA) is 124 Å². The first-order valence-electron chi connectivity index (χ1n) is 8.69. The van der Waals surface area contributed by atoms with Crippen molar-refractivity contribution in [1.82, 2.24) is 9.78 Å². The van der Waals surface area contributed by atoms with Gasteiger partial charge in [-0.3, -0.25) is 14.9 Å². The van der Waals surface area contributed by atoms with E-state index in [1.54, 1.807) is 12.1 Å². The number of nitrogens with zero attached hydrogens (tertiary/aromatic N) is 3. The summed E-state index contributed by atoms with van der Waals surface area (Å²) in [6, 6.07) is 12.9. The van der Waals surface area contributed by atoms with Gasteiger partial charge in [-0.15, -0.1) is 0 Å². The zero-order valence-corrected chi connectivity index (χ0v) is 16.1. The van der Waals surface area contributed by atoms with Crippen molar-refractivity contribution in [2.24, 2.45) is 0 Å². The molecular formula is C19H16N4O5S. The fourth-order valence-corrected chi connectivity index (χ4v) is 4.84. The van der Waals surface area contributed by atoms with E-state index in [-0.39, 0.29) is 28.6 Å². The Bertz CT molecular complexity index is 1260. The second-order valence-electron chi connectivity index (χ2n) is 6.73. The number of nitrogens with one attached hydrogen (secondary N) is 1. The van der Waals surface area contributed by atoms with Gasteiger partial charge in [-0.05, 0) is 24.6 Å². The van der Waals surface area contributed by atoms with Gasteiger partial charge < -0.3 is 5.32 Å². The first-order chi connectivity index (χ1) is 13.8. The zero-order chi connectivity index (χ0) is 20.8. The molecule has 0 aliphatic carbocycles. The van der Waals surface area contributed by atoms with Gasteiger partial charge in [0, 0.05) is 11.6 Å². The van der Waals surface area contributed by atoms with Gasteiger partial charge in [0.05, 0.1) is 27.8 Å². The van der Waals surface area contributed by atoms with E-state index in [1.165, 1.54) is 28.9 Å². The fourth-order valence-electron chi connectivity index (χ4n) is 3.35. The molecular weight excluding hydrogens is 396 g/mol. The number of anilines is 1. The lowest BCUT2D eigenvalue weighted by Gasteiger charge is -2.13. The first kappa shape index (κ1) is 18.8. The summed E-state index contributed by atoms with van der Waals surface area (Å²) in [7, 11) is -3.35. The van der Waals surface area contributed by atoms with Crippen molar-refractivity contribution in [3.63, 3.8) is 0 Å². The molecule has 0 spiro atoms. The third-order valence-electron chi connectivity index (χ3n) is 4.71. The van der Waals surface area contributed by atoms with Crippen LogP contribution in [0.25, 0.3) is 5.69 Å². The Balaban J connectivity index is 1.83. The van der Waals surface area contributed by atoms with E-state index in [9.17, 15) is 23.3 Å². The molecule has 1 aliphatic rings. The van der Waals surface area contributed by atoms with Crippen molar-refractivity contribution in [3.05, 3.63) is 81.0 Å². The molecule has 1 aromatic heterocycles. The van der Waals surface area contributed by atoms with Crippen LogP contribution in [0.4, 0.5) is 11.5 Å². The summed E-state index contributed by atoms with van der Waals surface area (Å²) in [6.45, 7) is 1.87. The highest BCUT2D eigenvalue weighted by Gasteiger charge is 2.34. The monoisotopic (exact) mass is 412 g/mol. The van der Waals surface area contributed by atoms with E-state index in [0.29, 0.717) is 16.9 Å². The summed E-state index contributed by atoms with van der Waals surface area (Å²) in [6.07, 6.45) is 0. The maximum Gasteiger partial charge on any atom is 0.282 e. The van der Waals surface area contributed by atoms with Crippen LogP contribution in [0.1, 0.15) is 27.2 Å². The molecule has 0 bridgehead atoms. The number of fused-ring (bicyclic) bond motifs is 1. The summed E-state index contributed by atoms with van der Waals surface area (Å²) in [4.78, 5) is 23.5. The smallest absolute Gasteiger partial charge is 0.282 e. The maximum atomic E-state index is 12.9. The van der Waals surface area contributed by atoms with Crippen molar-refractivity contribution in [2.45, 2.75) is 18.4 Å². The third kappa shape index (κ3) is 3.38. The molecule has 29 heavy (non-hydrogen) atoms. The van der Waals surface area contributed by atoms with Crippen molar-refractivity contribution < 1.29 is 18.1 Å². The van der Waals surface area contributed by atoms with E-state index < -0.39 is 20.7 Å². The van der Waals surface area contributed by atoms with Crippen LogP contribution in [-0.2, 0) is 21.3 Å². The Kier molecular flexibility index (Phi) is 4.42. The number of benzene rings is 2. The second kappa shape index (κ2) is 6.82. The van der Waals surface area contributed by atoms with E-state index >= 15 is 0 Å². The molecule has 1 aliphatic heterocycles. The third-order valence-corrected chi connectivity index (χ3v) is 6.15. The Morgan fingerprint density at radius 3 is 2.55 bits per heavy atom. The summed E-state index contributed by atoms with van der Waals surface area (Å²) in [5.41, 5.74) is 1.86. The van der Waals surface area contributed by atoms with E-state index in [2.05, 4.69) is 10.4 Å². The highest BCUT2D eigenvalue weighted by Crippen LogP contribution is 2.34. The van der Waals surface area contributed by atoms with Gasteiger partial charge in [-0.2, -0.15) is 5.10 Å². The number of rotatable bonds is 4. The molecule has 2 aromatic carbocycles. The zero-order valence-electron chi connectivity index (χ0n) is 15.3. The molecule has 10 heteroatoms. The number of hydrogen-bond acceptors (Lipinski definition) is 6.